The lowest BCUT2D eigenvalue weighted by molar-refractivity contribution is -0.137. The minimum atomic E-state index is -4.81. The molecule has 216 valence electrons. The Kier molecular flexibility index (Phi) is 6.97. The van der Waals surface area contributed by atoms with Crippen LogP contribution in [0.4, 0.5) is 24.5 Å². The highest BCUT2D eigenvalue weighted by atomic mass is 32.2. The molecule has 2 aromatic carbocycles. The Labute approximate surface area is 243 Å². The second-order valence-corrected chi connectivity index (χ2v) is 11.6. The van der Waals surface area contributed by atoms with Crippen molar-refractivity contribution in [3.8, 4) is 5.75 Å². The molecule has 2 aliphatic rings. The monoisotopic (exact) mass is 615 g/mol. The maximum Gasteiger partial charge on any atom is 0.418 e. The first-order valence-electron chi connectivity index (χ1n) is 12.5. The number of rotatable bonds is 6. The summed E-state index contributed by atoms with van der Waals surface area (Å²) >= 11 is 1.70. The third-order valence-corrected chi connectivity index (χ3v) is 9.63. The molecule has 6 rings (SSSR count). The van der Waals surface area contributed by atoms with E-state index in [1.54, 1.807) is 36.4 Å². The van der Waals surface area contributed by atoms with Crippen molar-refractivity contribution in [3.05, 3.63) is 92.8 Å². The molecule has 0 radical (unpaired) electrons. The van der Waals surface area contributed by atoms with Crippen molar-refractivity contribution in [3.63, 3.8) is 0 Å². The smallest absolute Gasteiger partial charge is 0.418 e. The molecule has 9 nitrogen and oxygen atoms in total. The van der Waals surface area contributed by atoms with E-state index in [4.69, 9.17) is 9.15 Å². The van der Waals surface area contributed by atoms with Gasteiger partial charge in [-0.05, 0) is 48.5 Å². The van der Waals surface area contributed by atoms with Crippen LogP contribution in [0.1, 0.15) is 22.1 Å². The van der Waals surface area contributed by atoms with Crippen molar-refractivity contribution in [2.24, 2.45) is 5.92 Å². The van der Waals surface area contributed by atoms with Gasteiger partial charge in [0.15, 0.2) is 0 Å². The summed E-state index contributed by atoms with van der Waals surface area (Å²) in [6.07, 6.45) is -3.44. The Morgan fingerprint density at radius 3 is 2.43 bits per heavy atom. The number of halogens is 3. The summed E-state index contributed by atoms with van der Waals surface area (Å²) in [5.41, 5.74) is -1.21. The molecule has 4 heterocycles. The molecule has 0 bridgehead atoms. The van der Waals surface area contributed by atoms with E-state index in [9.17, 15) is 32.3 Å². The molecule has 14 heteroatoms. The van der Waals surface area contributed by atoms with Crippen molar-refractivity contribution >= 4 is 52.2 Å². The van der Waals surface area contributed by atoms with E-state index in [0.29, 0.717) is 21.2 Å². The summed E-state index contributed by atoms with van der Waals surface area (Å²) in [5.74, 6) is -3.39. The highest BCUT2D eigenvalue weighted by Gasteiger charge is 2.58. The van der Waals surface area contributed by atoms with Crippen LogP contribution in [0.15, 0.2) is 81.2 Å². The number of thiazole rings is 1. The molecule has 3 amide bonds. The number of amides is 3. The lowest BCUT2D eigenvalue weighted by atomic mass is 9.86. The number of para-hydroxylation sites is 1. The lowest BCUT2D eigenvalue weighted by Crippen LogP contribution is -2.33. The molecule has 42 heavy (non-hydrogen) atoms. The van der Waals surface area contributed by atoms with Gasteiger partial charge in [-0.15, -0.1) is 0 Å². The van der Waals surface area contributed by atoms with Crippen LogP contribution in [0.3, 0.4) is 0 Å². The third kappa shape index (κ3) is 4.69. The van der Waals surface area contributed by atoms with Crippen LogP contribution in [0.5, 0.6) is 5.75 Å². The largest absolute Gasteiger partial charge is 0.497 e. The highest BCUT2D eigenvalue weighted by Crippen LogP contribution is 2.54. The standard InChI is InChI=1S/C28H20F3N3O6S2/c1-39-15-10-8-14(9-11-15)32-19(35)13-33-26-23(42-27(33)38)20(18-7-4-12-40-18)21-22(41-26)25(37)34(24(21)36)17-6-3-2-5-16(17)28(29,30)31/h2-12,20-22H,13H2,1H3,(H,32,35)/t20-,21?,22?/m1/s1. The van der Waals surface area contributed by atoms with E-state index < -0.39 is 63.7 Å². The summed E-state index contributed by atoms with van der Waals surface area (Å²) in [6, 6.07) is 14.1. The number of anilines is 2. The minimum Gasteiger partial charge on any atom is -0.497 e. The average molecular weight is 616 g/mol. The number of nitrogens with one attached hydrogen (secondary N) is 1. The van der Waals surface area contributed by atoms with E-state index in [1.165, 1.54) is 30.1 Å². The summed E-state index contributed by atoms with van der Waals surface area (Å²) < 4.78 is 53.5. The Bertz CT molecular complexity index is 1750. The number of hydrogen-bond donors (Lipinski definition) is 1. The fraction of sp³-hybridized carbons (Fsp3) is 0.214. The normalized spacial score (nSPS) is 19.9. The summed E-state index contributed by atoms with van der Waals surface area (Å²) in [5, 5.41) is 1.82. The molecule has 3 atom stereocenters. The number of fused-ring (bicyclic) bond motifs is 2. The minimum absolute atomic E-state index is 0.273. The molecule has 2 aromatic heterocycles. The Balaban J connectivity index is 1.38. The maximum absolute atomic E-state index is 13.9. The van der Waals surface area contributed by atoms with Gasteiger partial charge in [0.25, 0.3) is 0 Å². The maximum atomic E-state index is 13.9. The Morgan fingerprint density at radius 1 is 1.02 bits per heavy atom. The van der Waals surface area contributed by atoms with Gasteiger partial charge in [0, 0.05) is 5.69 Å². The topological polar surface area (TPSA) is 111 Å². The molecule has 0 aliphatic carbocycles. The predicted octanol–water partition coefficient (Wildman–Crippen LogP) is 4.96. The van der Waals surface area contributed by atoms with Crippen LogP contribution < -0.4 is 19.8 Å². The number of nitrogens with zero attached hydrogens (tertiary/aromatic N) is 2. The van der Waals surface area contributed by atoms with E-state index >= 15 is 0 Å². The number of ether oxygens (including phenoxy) is 1. The van der Waals surface area contributed by atoms with E-state index in [2.05, 4.69) is 5.32 Å². The van der Waals surface area contributed by atoms with Crippen molar-refractivity contribution in [1.29, 1.82) is 0 Å². The van der Waals surface area contributed by atoms with Crippen LogP contribution in [-0.2, 0) is 27.1 Å². The average Bonchev–Trinajstić information content (AvgIpc) is 3.66. The number of hydrogen-bond acceptors (Lipinski definition) is 8. The zero-order valence-corrected chi connectivity index (χ0v) is 23.2. The van der Waals surface area contributed by atoms with Gasteiger partial charge in [0.1, 0.15) is 23.3 Å². The Hall–Kier alpha value is -4.30. The van der Waals surface area contributed by atoms with Gasteiger partial charge in [0.2, 0.25) is 17.7 Å². The van der Waals surface area contributed by atoms with E-state index in [0.717, 1.165) is 35.2 Å². The molecular formula is C28H20F3N3O6S2. The fourth-order valence-electron chi connectivity index (χ4n) is 5.19. The number of carbonyl (C=O) groups is 3. The third-order valence-electron chi connectivity index (χ3n) is 7.02. The van der Waals surface area contributed by atoms with Crippen molar-refractivity contribution in [1.82, 2.24) is 4.57 Å². The molecule has 2 aliphatic heterocycles. The van der Waals surface area contributed by atoms with Crippen LogP contribution in [0, 0.1) is 5.92 Å². The molecular weight excluding hydrogens is 595 g/mol. The second kappa shape index (κ2) is 10.5. The predicted molar refractivity (Wildman–Crippen MR) is 148 cm³/mol. The number of carbonyl (C=O) groups excluding carboxylic acids is 3. The van der Waals surface area contributed by atoms with Crippen LogP contribution in [0.25, 0.3) is 0 Å². The molecule has 0 spiro atoms. The van der Waals surface area contributed by atoms with Crippen molar-refractivity contribution in [2.45, 2.75) is 28.9 Å². The molecule has 1 N–H and O–H groups in total. The van der Waals surface area contributed by atoms with E-state index in [-0.39, 0.29) is 10.8 Å². The van der Waals surface area contributed by atoms with Crippen molar-refractivity contribution in [2.75, 3.05) is 17.3 Å². The molecule has 4 aromatic rings. The van der Waals surface area contributed by atoms with Gasteiger partial charge < -0.3 is 14.5 Å². The summed E-state index contributed by atoms with van der Waals surface area (Å²) in [7, 11) is 1.51. The van der Waals surface area contributed by atoms with Crippen LogP contribution >= 0.6 is 23.1 Å². The van der Waals surface area contributed by atoms with Crippen molar-refractivity contribution < 1.29 is 36.7 Å². The van der Waals surface area contributed by atoms with Gasteiger partial charge in [-0.2, -0.15) is 13.2 Å². The van der Waals surface area contributed by atoms with Gasteiger partial charge in [-0.3, -0.25) is 23.7 Å². The number of alkyl halides is 3. The molecule has 2 unspecified atom stereocenters. The van der Waals surface area contributed by atoms with Gasteiger partial charge in [0.05, 0.1) is 46.4 Å². The SMILES string of the molecule is COc1ccc(NC(=O)Cn2c3c(sc2=O)[C@H](c2ccco2)C2C(=O)N(c4ccccc4C(F)(F)F)C(=O)C2S3)cc1. The Morgan fingerprint density at radius 2 is 1.76 bits per heavy atom. The number of thioether (sulfide) groups is 1. The van der Waals surface area contributed by atoms with Crippen LogP contribution in [0.2, 0.25) is 0 Å². The first-order chi connectivity index (χ1) is 20.1. The number of imide groups is 1. The number of benzene rings is 2. The molecule has 1 fully saturated rings. The quantitative estimate of drug-likeness (QED) is 0.305. The highest BCUT2D eigenvalue weighted by molar-refractivity contribution is 8.00. The first-order valence-corrected chi connectivity index (χ1v) is 14.2. The fourth-order valence-corrected chi connectivity index (χ4v) is 7.95. The lowest BCUT2D eigenvalue weighted by Gasteiger charge is -2.29. The van der Waals surface area contributed by atoms with Gasteiger partial charge >= 0.3 is 11.0 Å². The summed E-state index contributed by atoms with van der Waals surface area (Å²) in [6.45, 7) is -0.394. The second-order valence-electron chi connectivity index (χ2n) is 9.48. The summed E-state index contributed by atoms with van der Waals surface area (Å²) in [4.78, 5) is 54.1. The number of aromatic nitrogens is 1. The first kappa shape index (κ1) is 27.8. The molecule has 0 saturated carbocycles. The van der Waals surface area contributed by atoms with Gasteiger partial charge in [-0.25, -0.2) is 4.90 Å². The zero-order chi connectivity index (χ0) is 29.8. The van der Waals surface area contributed by atoms with Gasteiger partial charge in [-0.1, -0.05) is 35.2 Å². The number of furan rings is 1. The molecule has 1 saturated heterocycles. The zero-order valence-electron chi connectivity index (χ0n) is 21.6. The van der Waals surface area contributed by atoms with Crippen LogP contribution in [-0.4, -0.2) is 34.6 Å². The van der Waals surface area contributed by atoms with E-state index in [1.807, 2.05) is 0 Å². The number of methoxy groups -OCH3 is 1.